The van der Waals surface area contributed by atoms with Crippen molar-refractivity contribution in [1.82, 2.24) is 15.3 Å². The lowest BCUT2D eigenvalue weighted by molar-refractivity contribution is 0.0641. The maximum absolute atomic E-state index is 11.6. The van der Waals surface area contributed by atoms with Crippen LogP contribution in [-0.4, -0.2) is 42.1 Å². The van der Waals surface area contributed by atoms with Gasteiger partial charge in [-0.05, 0) is 25.3 Å². The van der Waals surface area contributed by atoms with Crippen LogP contribution in [0.15, 0.2) is 18.6 Å². The summed E-state index contributed by atoms with van der Waals surface area (Å²) < 4.78 is 5.43. The minimum atomic E-state index is -0.109. The summed E-state index contributed by atoms with van der Waals surface area (Å²) in [5.41, 5.74) is 0.370. The van der Waals surface area contributed by atoms with Crippen molar-refractivity contribution in [3.8, 4) is 0 Å². The number of aromatic nitrogens is 2. The highest BCUT2D eigenvalue weighted by Crippen LogP contribution is 2.10. The lowest BCUT2D eigenvalue weighted by atomic mass is 10.0. The Morgan fingerprint density at radius 2 is 2.47 bits per heavy atom. The zero-order valence-electron chi connectivity index (χ0n) is 9.76. The van der Waals surface area contributed by atoms with E-state index < -0.39 is 0 Å². The second kappa shape index (κ2) is 6.42. The highest BCUT2D eigenvalue weighted by atomic mass is 16.5. The number of piperidine rings is 1. The summed E-state index contributed by atoms with van der Waals surface area (Å²) in [6.07, 6.45) is 6.88. The van der Waals surface area contributed by atoms with Gasteiger partial charge in [0, 0.05) is 18.9 Å². The third-order valence-electron chi connectivity index (χ3n) is 2.83. The molecular weight excluding hydrogens is 218 g/mol. The Morgan fingerprint density at radius 3 is 3.18 bits per heavy atom. The standard InChI is InChI=1S/C12H17N3O2/c16-12(11-7-14-4-5-15-11)9-17-8-10-2-1-3-13-6-10/h4-5,7,10,13H,1-3,6,8-9H2/t10-/m1/s1. The van der Waals surface area contributed by atoms with Gasteiger partial charge in [-0.2, -0.15) is 0 Å². The fourth-order valence-electron chi connectivity index (χ4n) is 1.90. The molecule has 0 aliphatic carbocycles. The molecule has 5 heteroatoms. The van der Waals surface area contributed by atoms with Crippen LogP contribution in [-0.2, 0) is 4.74 Å². The van der Waals surface area contributed by atoms with E-state index in [0.717, 1.165) is 13.1 Å². The van der Waals surface area contributed by atoms with Gasteiger partial charge in [-0.3, -0.25) is 9.78 Å². The molecule has 1 aliphatic heterocycles. The molecule has 2 heterocycles. The first-order valence-corrected chi connectivity index (χ1v) is 5.94. The maximum Gasteiger partial charge on any atom is 0.208 e. The number of ketones is 1. The van der Waals surface area contributed by atoms with Gasteiger partial charge in [0.05, 0.1) is 12.8 Å². The van der Waals surface area contributed by atoms with E-state index in [1.165, 1.54) is 25.2 Å². The van der Waals surface area contributed by atoms with Crippen molar-refractivity contribution in [2.45, 2.75) is 12.8 Å². The molecule has 0 unspecified atom stereocenters. The molecule has 92 valence electrons. The number of Topliss-reactive ketones (excluding diaryl/α,β-unsaturated/α-hetero) is 1. The summed E-state index contributed by atoms with van der Waals surface area (Å²) in [4.78, 5) is 19.4. The number of nitrogens with zero attached hydrogens (tertiary/aromatic N) is 2. The number of rotatable bonds is 5. The van der Waals surface area contributed by atoms with E-state index in [1.54, 1.807) is 6.20 Å². The Balaban J connectivity index is 1.69. The first-order valence-electron chi connectivity index (χ1n) is 5.94. The third-order valence-corrected chi connectivity index (χ3v) is 2.83. The minimum Gasteiger partial charge on any atom is -0.373 e. The third kappa shape index (κ3) is 3.87. The van der Waals surface area contributed by atoms with Crippen LogP contribution in [0.1, 0.15) is 23.3 Å². The molecule has 1 saturated heterocycles. The van der Waals surface area contributed by atoms with Crippen molar-refractivity contribution in [2.24, 2.45) is 5.92 Å². The van der Waals surface area contributed by atoms with Gasteiger partial charge in [0.25, 0.3) is 0 Å². The van der Waals surface area contributed by atoms with Crippen LogP contribution in [0.25, 0.3) is 0 Å². The molecule has 1 aromatic heterocycles. The first-order chi connectivity index (χ1) is 8.36. The number of carbonyl (C=O) groups is 1. The van der Waals surface area contributed by atoms with E-state index in [2.05, 4.69) is 15.3 Å². The molecule has 17 heavy (non-hydrogen) atoms. The average Bonchev–Trinajstić information content (AvgIpc) is 2.41. The molecule has 0 bridgehead atoms. The zero-order valence-corrected chi connectivity index (χ0v) is 9.76. The minimum absolute atomic E-state index is 0.0925. The van der Waals surface area contributed by atoms with Gasteiger partial charge in [-0.15, -0.1) is 0 Å². The quantitative estimate of drug-likeness (QED) is 0.760. The van der Waals surface area contributed by atoms with E-state index in [9.17, 15) is 4.79 Å². The molecule has 1 fully saturated rings. The second-order valence-electron chi connectivity index (χ2n) is 4.24. The molecule has 0 radical (unpaired) electrons. The number of nitrogens with one attached hydrogen (secondary N) is 1. The molecule has 0 spiro atoms. The van der Waals surface area contributed by atoms with Crippen molar-refractivity contribution in [1.29, 1.82) is 0 Å². The van der Waals surface area contributed by atoms with Gasteiger partial charge in [0.1, 0.15) is 12.3 Å². The summed E-state index contributed by atoms with van der Waals surface area (Å²) in [6, 6.07) is 0. The Kier molecular flexibility index (Phi) is 4.58. The summed E-state index contributed by atoms with van der Waals surface area (Å²) >= 11 is 0. The highest BCUT2D eigenvalue weighted by molar-refractivity contribution is 5.94. The number of hydrogen-bond acceptors (Lipinski definition) is 5. The van der Waals surface area contributed by atoms with Crippen LogP contribution >= 0.6 is 0 Å². The molecule has 1 N–H and O–H groups in total. The largest absolute Gasteiger partial charge is 0.373 e. The van der Waals surface area contributed by atoms with Crippen LogP contribution < -0.4 is 5.32 Å². The molecule has 0 amide bonds. The van der Waals surface area contributed by atoms with Crippen molar-refractivity contribution in [3.63, 3.8) is 0 Å². The smallest absolute Gasteiger partial charge is 0.208 e. The normalized spacial score (nSPS) is 20.1. The molecule has 1 aromatic rings. The van der Waals surface area contributed by atoms with Crippen molar-refractivity contribution in [3.05, 3.63) is 24.3 Å². The van der Waals surface area contributed by atoms with E-state index >= 15 is 0 Å². The Morgan fingerprint density at radius 1 is 1.53 bits per heavy atom. The predicted molar refractivity (Wildman–Crippen MR) is 62.8 cm³/mol. The van der Waals surface area contributed by atoms with Crippen molar-refractivity contribution < 1.29 is 9.53 Å². The lowest BCUT2D eigenvalue weighted by Gasteiger charge is -2.22. The number of hydrogen-bond donors (Lipinski definition) is 1. The van der Waals surface area contributed by atoms with E-state index in [-0.39, 0.29) is 12.4 Å². The fraction of sp³-hybridized carbons (Fsp3) is 0.583. The monoisotopic (exact) mass is 235 g/mol. The van der Waals surface area contributed by atoms with Crippen LogP contribution in [0.4, 0.5) is 0 Å². The highest BCUT2D eigenvalue weighted by Gasteiger charge is 2.14. The Bertz CT molecular complexity index is 350. The van der Waals surface area contributed by atoms with E-state index in [1.807, 2.05) is 0 Å². The average molecular weight is 235 g/mol. The predicted octanol–water partition coefficient (Wildman–Crippen LogP) is 0.675. The number of carbonyl (C=O) groups excluding carboxylic acids is 1. The topological polar surface area (TPSA) is 64.1 Å². The SMILES string of the molecule is O=C(COC[C@@H]1CCCNC1)c1cnccn1. The second-order valence-corrected chi connectivity index (χ2v) is 4.24. The van der Waals surface area contributed by atoms with Crippen LogP contribution in [0.5, 0.6) is 0 Å². The molecule has 1 atom stereocenters. The first kappa shape index (κ1) is 12.1. The summed E-state index contributed by atoms with van der Waals surface area (Å²) in [6.45, 7) is 2.81. The Hall–Kier alpha value is -1.33. The molecule has 1 aliphatic rings. The molecule has 0 saturated carbocycles. The van der Waals surface area contributed by atoms with Gasteiger partial charge in [0.15, 0.2) is 0 Å². The van der Waals surface area contributed by atoms with Gasteiger partial charge in [0.2, 0.25) is 5.78 Å². The van der Waals surface area contributed by atoms with Crippen LogP contribution in [0.3, 0.4) is 0 Å². The lowest BCUT2D eigenvalue weighted by Crippen LogP contribution is -2.32. The summed E-state index contributed by atoms with van der Waals surface area (Å²) in [5.74, 6) is 0.417. The van der Waals surface area contributed by atoms with Gasteiger partial charge in [-0.25, -0.2) is 4.98 Å². The molecule has 2 rings (SSSR count). The van der Waals surface area contributed by atoms with Crippen LogP contribution in [0.2, 0.25) is 0 Å². The zero-order chi connectivity index (χ0) is 11.9. The van der Waals surface area contributed by atoms with Gasteiger partial charge >= 0.3 is 0 Å². The van der Waals surface area contributed by atoms with Crippen molar-refractivity contribution >= 4 is 5.78 Å². The van der Waals surface area contributed by atoms with Crippen LogP contribution in [0, 0.1) is 5.92 Å². The maximum atomic E-state index is 11.6. The van der Waals surface area contributed by atoms with Crippen molar-refractivity contribution in [2.75, 3.05) is 26.3 Å². The van der Waals surface area contributed by atoms with E-state index in [0.29, 0.717) is 18.2 Å². The fourth-order valence-corrected chi connectivity index (χ4v) is 1.90. The molecule has 0 aromatic carbocycles. The van der Waals surface area contributed by atoms with Gasteiger partial charge < -0.3 is 10.1 Å². The Labute approximate surface area is 101 Å². The molecule has 5 nitrogen and oxygen atoms in total. The van der Waals surface area contributed by atoms with E-state index in [4.69, 9.17) is 4.74 Å². The van der Waals surface area contributed by atoms with Gasteiger partial charge in [-0.1, -0.05) is 0 Å². The summed E-state index contributed by atoms with van der Waals surface area (Å²) in [5, 5.41) is 3.32. The number of ether oxygens (including phenoxy) is 1. The molecular formula is C12H17N3O2. The summed E-state index contributed by atoms with van der Waals surface area (Å²) in [7, 11) is 0.